The van der Waals surface area contributed by atoms with E-state index in [-0.39, 0.29) is 12.5 Å². The summed E-state index contributed by atoms with van der Waals surface area (Å²) in [4.78, 5) is 12.1. The van der Waals surface area contributed by atoms with Gasteiger partial charge in [-0.1, -0.05) is 12.1 Å². The molecule has 0 aliphatic heterocycles. The zero-order valence-electron chi connectivity index (χ0n) is 16.5. The number of para-hydroxylation sites is 2. The summed E-state index contributed by atoms with van der Waals surface area (Å²) in [6.45, 7) is 2.49. The van der Waals surface area contributed by atoms with Crippen LogP contribution in [0.2, 0.25) is 0 Å². The number of methoxy groups -OCH3 is 1. The smallest absolute Gasteiger partial charge is 0.262 e. The number of rotatable bonds is 9. The molecule has 6 heteroatoms. The van der Waals surface area contributed by atoms with E-state index in [0.717, 1.165) is 17.1 Å². The van der Waals surface area contributed by atoms with Crippen molar-refractivity contribution in [2.24, 2.45) is 0 Å². The molecule has 0 fully saturated rings. The van der Waals surface area contributed by atoms with E-state index < -0.39 is 0 Å². The number of hydrogen-bond donors (Lipinski definition) is 2. The Balaban J connectivity index is 1.51. The lowest BCUT2D eigenvalue weighted by Gasteiger charge is -2.11. The lowest BCUT2D eigenvalue weighted by Crippen LogP contribution is -2.20. The molecule has 2 N–H and O–H groups in total. The predicted octanol–water partition coefficient (Wildman–Crippen LogP) is 4.86. The van der Waals surface area contributed by atoms with Crippen molar-refractivity contribution in [3.63, 3.8) is 0 Å². The Hall–Kier alpha value is -3.67. The lowest BCUT2D eigenvalue weighted by atomic mass is 10.2. The van der Waals surface area contributed by atoms with Gasteiger partial charge in [-0.25, -0.2) is 0 Å². The molecule has 0 atom stereocenters. The number of hydrogen-bond acceptors (Lipinski definition) is 5. The molecule has 1 amide bonds. The van der Waals surface area contributed by atoms with Crippen molar-refractivity contribution in [1.29, 1.82) is 0 Å². The maximum absolute atomic E-state index is 12.1. The number of anilines is 3. The second kappa shape index (κ2) is 10.0. The number of benzene rings is 3. The Morgan fingerprint density at radius 3 is 2.00 bits per heavy atom. The first kappa shape index (κ1) is 20.1. The number of amides is 1. The van der Waals surface area contributed by atoms with Crippen LogP contribution in [0.25, 0.3) is 0 Å². The summed E-state index contributed by atoms with van der Waals surface area (Å²) in [6.07, 6.45) is 0. The van der Waals surface area contributed by atoms with E-state index in [1.807, 2.05) is 67.6 Å². The van der Waals surface area contributed by atoms with Crippen molar-refractivity contribution in [1.82, 2.24) is 0 Å². The number of nitrogens with one attached hydrogen (secondary N) is 2. The number of carbonyl (C=O) groups is 1. The molecule has 0 aromatic heterocycles. The number of carbonyl (C=O) groups excluding carboxylic acids is 1. The SMILES string of the molecule is CCOc1ccc(Nc2ccc(NC(=O)COc3ccccc3OC)cc2)cc1. The molecule has 0 aliphatic rings. The highest BCUT2D eigenvalue weighted by Crippen LogP contribution is 2.26. The molecular weight excluding hydrogens is 368 g/mol. The highest BCUT2D eigenvalue weighted by Gasteiger charge is 2.07. The van der Waals surface area contributed by atoms with E-state index in [1.165, 1.54) is 0 Å². The van der Waals surface area contributed by atoms with E-state index in [0.29, 0.717) is 23.8 Å². The van der Waals surface area contributed by atoms with Crippen molar-refractivity contribution < 1.29 is 19.0 Å². The summed E-state index contributed by atoms with van der Waals surface area (Å²) in [7, 11) is 1.56. The summed E-state index contributed by atoms with van der Waals surface area (Å²) in [6, 6.07) is 22.4. The fourth-order valence-corrected chi connectivity index (χ4v) is 2.68. The Morgan fingerprint density at radius 2 is 1.38 bits per heavy atom. The van der Waals surface area contributed by atoms with Gasteiger partial charge in [0, 0.05) is 17.1 Å². The number of ether oxygens (including phenoxy) is 3. The van der Waals surface area contributed by atoms with Gasteiger partial charge in [0.25, 0.3) is 5.91 Å². The average molecular weight is 392 g/mol. The molecule has 0 radical (unpaired) electrons. The minimum atomic E-state index is -0.247. The normalized spacial score (nSPS) is 10.1. The molecule has 3 aromatic carbocycles. The highest BCUT2D eigenvalue weighted by molar-refractivity contribution is 5.92. The van der Waals surface area contributed by atoms with Gasteiger partial charge in [0.2, 0.25) is 0 Å². The zero-order chi connectivity index (χ0) is 20.5. The highest BCUT2D eigenvalue weighted by atomic mass is 16.5. The third-order valence-electron chi connectivity index (χ3n) is 4.05. The summed E-state index contributed by atoms with van der Waals surface area (Å²) >= 11 is 0. The van der Waals surface area contributed by atoms with Crippen molar-refractivity contribution in [2.75, 3.05) is 31.0 Å². The van der Waals surface area contributed by atoms with Crippen LogP contribution in [-0.2, 0) is 4.79 Å². The van der Waals surface area contributed by atoms with Crippen molar-refractivity contribution in [3.05, 3.63) is 72.8 Å². The topological polar surface area (TPSA) is 68.8 Å². The van der Waals surface area contributed by atoms with Crippen LogP contribution in [0, 0.1) is 0 Å². The van der Waals surface area contributed by atoms with E-state index in [2.05, 4.69) is 10.6 Å². The maximum Gasteiger partial charge on any atom is 0.262 e. The monoisotopic (exact) mass is 392 g/mol. The summed E-state index contributed by atoms with van der Waals surface area (Å²) < 4.78 is 16.2. The second-order valence-corrected chi connectivity index (χ2v) is 6.15. The van der Waals surface area contributed by atoms with Gasteiger partial charge in [-0.05, 0) is 67.6 Å². The molecule has 150 valence electrons. The molecule has 0 heterocycles. The lowest BCUT2D eigenvalue weighted by molar-refractivity contribution is -0.118. The molecule has 0 unspecified atom stereocenters. The van der Waals surface area contributed by atoms with Gasteiger partial charge in [0.15, 0.2) is 18.1 Å². The Labute approximate surface area is 170 Å². The van der Waals surface area contributed by atoms with Crippen LogP contribution in [0.15, 0.2) is 72.8 Å². The third-order valence-corrected chi connectivity index (χ3v) is 4.05. The first-order valence-electron chi connectivity index (χ1n) is 9.33. The van der Waals surface area contributed by atoms with Gasteiger partial charge in [0.05, 0.1) is 13.7 Å². The van der Waals surface area contributed by atoms with Gasteiger partial charge < -0.3 is 24.8 Å². The van der Waals surface area contributed by atoms with Crippen LogP contribution in [-0.4, -0.2) is 26.2 Å². The molecule has 0 saturated heterocycles. The van der Waals surface area contributed by atoms with E-state index in [9.17, 15) is 4.79 Å². The quantitative estimate of drug-likeness (QED) is 0.545. The molecule has 29 heavy (non-hydrogen) atoms. The summed E-state index contributed by atoms with van der Waals surface area (Å²) in [5.74, 6) is 1.71. The van der Waals surface area contributed by atoms with Crippen LogP contribution in [0.1, 0.15) is 6.92 Å². The van der Waals surface area contributed by atoms with Crippen molar-refractivity contribution in [2.45, 2.75) is 6.92 Å². The Morgan fingerprint density at radius 1 is 0.793 bits per heavy atom. The molecule has 3 aromatic rings. The molecule has 6 nitrogen and oxygen atoms in total. The van der Waals surface area contributed by atoms with Crippen LogP contribution in [0.5, 0.6) is 17.2 Å². The molecular formula is C23H24N2O4. The Kier molecular flexibility index (Phi) is 6.95. The summed E-state index contributed by atoms with van der Waals surface area (Å²) in [5, 5.41) is 6.12. The fourth-order valence-electron chi connectivity index (χ4n) is 2.68. The van der Waals surface area contributed by atoms with Gasteiger partial charge in [-0.15, -0.1) is 0 Å². The van der Waals surface area contributed by atoms with Crippen LogP contribution in [0.4, 0.5) is 17.1 Å². The largest absolute Gasteiger partial charge is 0.494 e. The average Bonchev–Trinajstić information content (AvgIpc) is 2.75. The fraction of sp³-hybridized carbons (Fsp3) is 0.174. The van der Waals surface area contributed by atoms with E-state index >= 15 is 0 Å². The molecule has 0 bridgehead atoms. The third kappa shape index (κ3) is 5.90. The Bertz CT molecular complexity index is 924. The van der Waals surface area contributed by atoms with Gasteiger partial charge in [-0.3, -0.25) is 4.79 Å². The first-order valence-corrected chi connectivity index (χ1v) is 9.33. The van der Waals surface area contributed by atoms with Gasteiger partial charge in [-0.2, -0.15) is 0 Å². The molecule has 0 spiro atoms. The molecule has 0 aliphatic carbocycles. The van der Waals surface area contributed by atoms with Crippen LogP contribution < -0.4 is 24.8 Å². The molecule has 0 saturated carbocycles. The first-order chi connectivity index (χ1) is 14.2. The minimum absolute atomic E-state index is 0.105. The van der Waals surface area contributed by atoms with Gasteiger partial charge >= 0.3 is 0 Å². The summed E-state index contributed by atoms with van der Waals surface area (Å²) in [5.41, 5.74) is 2.56. The standard InChI is InChI=1S/C23H24N2O4/c1-3-28-20-14-12-18(13-15-20)24-17-8-10-19(11-9-17)25-23(26)16-29-22-7-5-4-6-21(22)27-2/h4-15,24H,3,16H2,1-2H3,(H,25,26). The van der Waals surface area contributed by atoms with Gasteiger partial charge in [0.1, 0.15) is 5.75 Å². The van der Waals surface area contributed by atoms with E-state index in [4.69, 9.17) is 14.2 Å². The van der Waals surface area contributed by atoms with Crippen LogP contribution in [0.3, 0.4) is 0 Å². The van der Waals surface area contributed by atoms with Crippen LogP contribution >= 0.6 is 0 Å². The maximum atomic E-state index is 12.1. The second-order valence-electron chi connectivity index (χ2n) is 6.15. The zero-order valence-corrected chi connectivity index (χ0v) is 16.5. The van der Waals surface area contributed by atoms with Crippen molar-refractivity contribution >= 4 is 23.0 Å². The van der Waals surface area contributed by atoms with E-state index in [1.54, 1.807) is 19.2 Å². The predicted molar refractivity (Wildman–Crippen MR) is 114 cm³/mol. The van der Waals surface area contributed by atoms with Crippen molar-refractivity contribution in [3.8, 4) is 17.2 Å². The molecule has 3 rings (SSSR count). The minimum Gasteiger partial charge on any atom is -0.494 e.